The molecule has 0 aliphatic heterocycles. The molecule has 0 heterocycles. The van der Waals surface area contributed by atoms with Crippen LogP contribution in [0.3, 0.4) is 0 Å². The minimum absolute atomic E-state index is 0.0551. The van der Waals surface area contributed by atoms with Gasteiger partial charge in [0.1, 0.15) is 21.3 Å². The van der Waals surface area contributed by atoms with Gasteiger partial charge in [-0.2, -0.15) is 8.42 Å². The second kappa shape index (κ2) is 9.98. The molecule has 4 N–H and O–H groups in total. The molecule has 0 saturated heterocycles. The van der Waals surface area contributed by atoms with E-state index in [1.54, 1.807) is 30.3 Å². The lowest BCUT2D eigenvalue weighted by Crippen LogP contribution is -2.38. The second-order valence-electron chi connectivity index (χ2n) is 6.27. The van der Waals surface area contributed by atoms with E-state index in [4.69, 9.17) is 22.2 Å². The number of rotatable bonds is 7. The lowest BCUT2D eigenvalue weighted by molar-refractivity contribution is -0.117. The third-order valence-electron chi connectivity index (χ3n) is 4.09. The normalized spacial score (nSPS) is 11.5. The minimum atomic E-state index is -3.94. The van der Waals surface area contributed by atoms with Gasteiger partial charge in [-0.15, -0.1) is 0 Å². The van der Waals surface area contributed by atoms with Crippen molar-refractivity contribution in [2.24, 2.45) is 5.84 Å². The molecule has 3 rings (SSSR count). The summed E-state index contributed by atoms with van der Waals surface area (Å²) < 4.78 is 29.8. The molecule has 0 atom stereocenters. The smallest absolute Gasteiger partial charge is 0.339 e. The largest absolute Gasteiger partial charge is 0.379 e. The average molecular weight is 454 g/mol. The van der Waals surface area contributed by atoms with Gasteiger partial charge < -0.3 is 9.50 Å². The van der Waals surface area contributed by atoms with Crippen molar-refractivity contribution in [1.29, 1.82) is 0 Å². The highest BCUT2D eigenvalue weighted by Crippen LogP contribution is 2.20. The fourth-order valence-electron chi connectivity index (χ4n) is 2.57. The van der Waals surface area contributed by atoms with E-state index in [1.807, 2.05) is 30.3 Å². The predicted molar refractivity (Wildman–Crippen MR) is 122 cm³/mol. The Labute approximate surface area is 185 Å². The highest BCUT2D eigenvalue weighted by Gasteiger charge is 2.16. The van der Waals surface area contributed by atoms with Crippen LogP contribution >= 0.6 is 12.2 Å². The summed E-state index contributed by atoms with van der Waals surface area (Å²) in [4.78, 5) is 12.6. The van der Waals surface area contributed by atoms with Crippen LogP contribution in [0.25, 0.3) is 6.08 Å². The number of benzene rings is 3. The van der Waals surface area contributed by atoms with Gasteiger partial charge in [-0.1, -0.05) is 72.9 Å². The van der Waals surface area contributed by atoms with Crippen molar-refractivity contribution in [3.05, 3.63) is 102 Å². The Morgan fingerprint density at radius 3 is 2.06 bits per heavy atom. The summed E-state index contributed by atoms with van der Waals surface area (Å²) in [7, 11) is -3.94. The van der Waals surface area contributed by atoms with Crippen molar-refractivity contribution in [2.75, 3.05) is 0 Å². The Kier molecular flexibility index (Phi) is 7.14. The van der Waals surface area contributed by atoms with Crippen LogP contribution in [0.2, 0.25) is 0 Å². The molecule has 0 unspecified atom stereocenters. The van der Waals surface area contributed by atoms with Crippen LogP contribution in [0.5, 0.6) is 5.75 Å². The Morgan fingerprint density at radius 1 is 0.903 bits per heavy atom. The molecule has 0 aliphatic rings. The maximum atomic E-state index is 12.3. The topological polar surface area (TPSA) is 111 Å². The number of thiocarbonyl (C=S) groups is 1. The summed E-state index contributed by atoms with van der Waals surface area (Å²) in [6.07, 6.45) is 1.53. The molecule has 1 amide bonds. The van der Waals surface area contributed by atoms with Crippen molar-refractivity contribution in [2.45, 2.75) is 4.90 Å². The highest BCUT2D eigenvalue weighted by molar-refractivity contribution is 7.87. The van der Waals surface area contributed by atoms with Crippen LogP contribution in [0, 0.1) is 0 Å². The zero-order chi connectivity index (χ0) is 22.3. The molecule has 0 aromatic heterocycles. The number of hydrogen-bond donors (Lipinski definition) is 3. The monoisotopic (exact) mass is 453 g/mol. The van der Waals surface area contributed by atoms with E-state index < -0.39 is 16.0 Å². The maximum Gasteiger partial charge on any atom is 0.339 e. The third kappa shape index (κ3) is 5.98. The minimum Gasteiger partial charge on any atom is -0.379 e. The third-order valence-corrected chi connectivity index (χ3v) is 5.69. The van der Waals surface area contributed by atoms with E-state index in [0.717, 1.165) is 5.56 Å². The number of nitrogens with two attached hydrogens (primary N) is 1. The number of carbonyl (C=O) groups excluding carboxylic acids is 1. The fourth-order valence-corrected chi connectivity index (χ4v) is 3.77. The van der Waals surface area contributed by atoms with Gasteiger partial charge in [0.2, 0.25) is 0 Å². The number of nitrogens with one attached hydrogen (secondary N) is 2. The van der Waals surface area contributed by atoms with Gasteiger partial charge in [0.25, 0.3) is 5.91 Å². The van der Waals surface area contributed by atoms with Crippen molar-refractivity contribution in [3.8, 4) is 5.75 Å². The summed E-state index contributed by atoms with van der Waals surface area (Å²) in [6, 6.07) is 23.2. The molecule has 0 aliphatic carbocycles. The van der Waals surface area contributed by atoms with Gasteiger partial charge in [-0.3, -0.25) is 10.2 Å². The lowest BCUT2D eigenvalue weighted by atomic mass is 10.1. The summed E-state index contributed by atoms with van der Waals surface area (Å²) in [5.41, 5.74) is 3.54. The summed E-state index contributed by atoms with van der Waals surface area (Å²) in [5.74, 6) is 4.85. The van der Waals surface area contributed by atoms with Gasteiger partial charge in [0, 0.05) is 5.56 Å². The maximum absolute atomic E-state index is 12.3. The predicted octanol–water partition coefficient (Wildman–Crippen LogP) is 2.75. The Hall–Kier alpha value is -3.53. The van der Waals surface area contributed by atoms with Crippen molar-refractivity contribution in [1.82, 2.24) is 10.7 Å². The molecule has 3 aromatic carbocycles. The molecule has 3 aromatic rings. The molecule has 9 heteroatoms. The number of hydrazine groups is 1. The molecule has 31 heavy (non-hydrogen) atoms. The number of carbonyl (C=O) groups is 1. The van der Waals surface area contributed by atoms with Gasteiger partial charge in [-0.05, 0) is 35.9 Å². The molecular formula is C22H19N3O4S2. The molecule has 0 bridgehead atoms. The molecule has 0 spiro atoms. The van der Waals surface area contributed by atoms with E-state index in [9.17, 15) is 13.2 Å². The van der Waals surface area contributed by atoms with Gasteiger partial charge >= 0.3 is 10.1 Å². The molecular weight excluding hydrogens is 434 g/mol. The van der Waals surface area contributed by atoms with Crippen molar-refractivity contribution >= 4 is 39.3 Å². The first-order valence-corrected chi connectivity index (χ1v) is 10.9. The van der Waals surface area contributed by atoms with Crippen LogP contribution in [0.15, 0.2) is 95.5 Å². The van der Waals surface area contributed by atoms with Crippen LogP contribution in [-0.2, 0) is 14.9 Å². The summed E-state index contributed by atoms with van der Waals surface area (Å²) in [5, 5.41) is 2.88. The lowest BCUT2D eigenvalue weighted by Gasteiger charge is -2.11. The quantitative estimate of drug-likeness (QED) is 0.126. The summed E-state index contributed by atoms with van der Waals surface area (Å²) >= 11 is 5.35. The first-order valence-electron chi connectivity index (χ1n) is 9.08. The van der Waals surface area contributed by atoms with E-state index in [-0.39, 0.29) is 16.3 Å². The van der Waals surface area contributed by atoms with Crippen molar-refractivity contribution < 1.29 is 17.4 Å². The van der Waals surface area contributed by atoms with E-state index in [2.05, 4.69) is 10.7 Å². The number of hydrogen-bond acceptors (Lipinski definition) is 6. The van der Waals surface area contributed by atoms with E-state index >= 15 is 0 Å². The van der Waals surface area contributed by atoms with Crippen LogP contribution in [0.1, 0.15) is 11.1 Å². The summed E-state index contributed by atoms with van der Waals surface area (Å²) in [6.45, 7) is 0. The molecule has 158 valence electrons. The van der Waals surface area contributed by atoms with E-state index in [1.165, 1.54) is 30.3 Å². The molecule has 0 radical (unpaired) electrons. The van der Waals surface area contributed by atoms with Crippen LogP contribution in [-0.4, -0.2) is 19.3 Å². The fraction of sp³-hybridized carbons (Fsp3) is 0. The zero-order valence-corrected chi connectivity index (χ0v) is 17.8. The first-order chi connectivity index (χ1) is 14.9. The molecule has 0 saturated carbocycles. The zero-order valence-electron chi connectivity index (χ0n) is 16.2. The Bertz CT molecular complexity index is 1190. The Morgan fingerprint density at radius 2 is 1.48 bits per heavy atom. The van der Waals surface area contributed by atoms with E-state index in [0.29, 0.717) is 10.6 Å². The van der Waals surface area contributed by atoms with Crippen molar-refractivity contribution in [3.63, 3.8) is 0 Å². The first kappa shape index (κ1) is 22.2. The molecule has 0 fully saturated rings. The second-order valence-corrected chi connectivity index (χ2v) is 8.23. The van der Waals surface area contributed by atoms with Gasteiger partial charge in [0.15, 0.2) is 0 Å². The van der Waals surface area contributed by atoms with Crippen LogP contribution < -0.4 is 20.8 Å². The average Bonchev–Trinajstić information content (AvgIpc) is 2.80. The Balaban J connectivity index is 1.78. The van der Waals surface area contributed by atoms with Gasteiger partial charge in [-0.25, -0.2) is 5.84 Å². The SMILES string of the molecule is NNC(=O)/C(=C\c1ccc(OS(=O)(=O)c2ccccc2)cc1)NC(=S)c1ccccc1. The number of amides is 1. The highest BCUT2D eigenvalue weighted by atomic mass is 32.2. The molecule has 7 nitrogen and oxygen atoms in total. The van der Waals surface area contributed by atoms with Gasteiger partial charge in [0.05, 0.1) is 0 Å². The van der Waals surface area contributed by atoms with Crippen LogP contribution in [0.4, 0.5) is 0 Å². The standard InChI is InChI=1S/C22H19N3O4S2/c23-25-21(26)20(24-22(30)17-7-3-1-4-8-17)15-16-11-13-18(14-12-16)29-31(27,28)19-9-5-2-6-10-19/h1-15H,23H2,(H,24,30)(H,25,26)/b20-15+.